The average Bonchev–Trinajstić information content (AvgIpc) is 2.55. The van der Waals surface area contributed by atoms with E-state index in [0.29, 0.717) is 23.2 Å². The molecule has 1 amide bonds. The van der Waals surface area contributed by atoms with Gasteiger partial charge in [0, 0.05) is 12.7 Å². The van der Waals surface area contributed by atoms with Crippen LogP contribution < -0.4 is 10.6 Å². The summed E-state index contributed by atoms with van der Waals surface area (Å²) in [6.45, 7) is 6.74. The maximum absolute atomic E-state index is 12.1. The summed E-state index contributed by atoms with van der Waals surface area (Å²) in [5.41, 5.74) is 3.18. The van der Waals surface area contributed by atoms with Gasteiger partial charge in [0.05, 0.1) is 10.7 Å². The van der Waals surface area contributed by atoms with Gasteiger partial charge in [0.25, 0.3) is 5.91 Å². The number of hydrogen-bond donors (Lipinski definition) is 2. The number of benzene rings is 1. The first-order valence-electron chi connectivity index (χ1n) is 8.16. The summed E-state index contributed by atoms with van der Waals surface area (Å²) < 4.78 is 0. The predicted molar refractivity (Wildman–Crippen MR) is 98.1 cm³/mol. The lowest BCUT2D eigenvalue weighted by Gasteiger charge is -2.12. The SMILES string of the molecule is CCCCCNC(=O)c1ccnc(Nc2c(C)cc(C)cc2Cl)n1. The third kappa shape index (κ3) is 4.93. The molecule has 0 atom stereocenters. The zero-order chi connectivity index (χ0) is 17.5. The van der Waals surface area contributed by atoms with Gasteiger partial charge in [-0.1, -0.05) is 37.4 Å². The molecule has 0 spiro atoms. The summed E-state index contributed by atoms with van der Waals surface area (Å²) in [6.07, 6.45) is 4.75. The number of aryl methyl sites for hydroxylation is 2. The highest BCUT2D eigenvalue weighted by molar-refractivity contribution is 6.33. The van der Waals surface area contributed by atoms with Crippen molar-refractivity contribution in [3.05, 3.63) is 46.2 Å². The monoisotopic (exact) mass is 346 g/mol. The summed E-state index contributed by atoms with van der Waals surface area (Å²) in [7, 11) is 0. The molecule has 6 heteroatoms. The molecule has 1 aromatic heterocycles. The van der Waals surface area contributed by atoms with E-state index in [9.17, 15) is 4.79 Å². The highest BCUT2D eigenvalue weighted by Crippen LogP contribution is 2.29. The Labute approximate surface area is 147 Å². The predicted octanol–water partition coefficient (Wildman–Crippen LogP) is 4.41. The smallest absolute Gasteiger partial charge is 0.270 e. The van der Waals surface area contributed by atoms with E-state index in [-0.39, 0.29) is 5.91 Å². The second-order valence-electron chi connectivity index (χ2n) is 5.79. The third-order valence-electron chi connectivity index (χ3n) is 3.62. The van der Waals surface area contributed by atoms with Crippen molar-refractivity contribution in [1.82, 2.24) is 15.3 Å². The van der Waals surface area contributed by atoms with Crippen LogP contribution in [0.1, 0.15) is 47.8 Å². The highest BCUT2D eigenvalue weighted by Gasteiger charge is 2.11. The first kappa shape index (κ1) is 18.2. The van der Waals surface area contributed by atoms with Gasteiger partial charge in [-0.3, -0.25) is 4.79 Å². The third-order valence-corrected chi connectivity index (χ3v) is 3.92. The van der Waals surface area contributed by atoms with E-state index in [0.717, 1.165) is 36.1 Å². The molecule has 2 rings (SSSR count). The quantitative estimate of drug-likeness (QED) is 0.729. The minimum absolute atomic E-state index is 0.191. The molecule has 0 saturated heterocycles. The molecule has 0 bridgehead atoms. The molecule has 0 aliphatic carbocycles. The largest absolute Gasteiger partial charge is 0.351 e. The summed E-state index contributed by atoms with van der Waals surface area (Å²) in [5.74, 6) is 0.160. The molecule has 0 aliphatic rings. The molecule has 1 aromatic carbocycles. The van der Waals surface area contributed by atoms with E-state index in [4.69, 9.17) is 11.6 Å². The number of nitrogens with zero attached hydrogens (tertiary/aromatic N) is 2. The Morgan fingerprint density at radius 1 is 1.25 bits per heavy atom. The standard InChI is InChI=1S/C18H23ClN4O/c1-4-5-6-8-20-17(24)15-7-9-21-18(22-15)23-16-13(3)10-12(2)11-14(16)19/h7,9-11H,4-6,8H2,1-3H3,(H,20,24)(H,21,22,23). The summed E-state index contributed by atoms with van der Waals surface area (Å²) in [4.78, 5) is 20.6. The number of amides is 1. The van der Waals surface area contributed by atoms with Crippen molar-refractivity contribution < 1.29 is 4.79 Å². The van der Waals surface area contributed by atoms with Crippen LogP contribution in [-0.4, -0.2) is 22.4 Å². The van der Waals surface area contributed by atoms with Crippen LogP contribution in [0.3, 0.4) is 0 Å². The maximum atomic E-state index is 12.1. The van der Waals surface area contributed by atoms with Crippen molar-refractivity contribution in [2.45, 2.75) is 40.0 Å². The molecule has 0 fully saturated rings. The molecule has 2 N–H and O–H groups in total. The number of carbonyl (C=O) groups is 1. The van der Waals surface area contributed by atoms with Gasteiger partial charge in [-0.05, 0) is 43.5 Å². The Balaban J connectivity index is 2.09. The second-order valence-corrected chi connectivity index (χ2v) is 6.20. The van der Waals surface area contributed by atoms with E-state index < -0.39 is 0 Å². The van der Waals surface area contributed by atoms with Gasteiger partial charge in [-0.25, -0.2) is 9.97 Å². The Morgan fingerprint density at radius 2 is 2.04 bits per heavy atom. The van der Waals surface area contributed by atoms with Crippen LogP contribution in [-0.2, 0) is 0 Å². The topological polar surface area (TPSA) is 66.9 Å². The minimum Gasteiger partial charge on any atom is -0.351 e. The van der Waals surface area contributed by atoms with Crippen molar-refractivity contribution in [1.29, 1.82) is 0 Å². The molecule has 0 aliphatic heterocycles. The summed E-state index contributed by atoms with van der Waals surface area (Å²) in [6, 6.07) is 5.50. The fourth-order valence-electron chi connectivity index (χ4n) is 2.40. The number of carbonyl (C=O) groups excluding carboxylic acids is 1. The van der Waals surface area contributed by atoms with Gasteiger partial charge in [0.2, 0.25) is 5.95 Å². The number of aromatic nitrogens is 2. The van der Waals surface area contributed by atoms with Crippen molar-refractivity contribution in [2.75, 3.05) is 11.9 Å². The van der Waals surface area contributed by atoms with Gasteiger partial charge in [-0.2, -0.15) is 0 Å². The zero-order valence-electron chi connectivity index (χ0n) is 14.3. The fourth-order valence-corrected chi connectivity index (χ4v) is 2.77. The van der Waals surface area contributed by atoms with Crippen LogP contribution in [0.4, 0.5) is 11.6 Å². The molecule has 128 valence electrons. The lowest BCUT2D eigenvalue weighted by atomic mass is 10.1. The molecule has 0 unspecified atom stereocenters. The number of halogens is 1. The van der Waals surface area contributed by atoms with E-state index in [1.54, 1.807) is 12.3 Å². The summed E-state index contributed by atoms with van der Waals surface area (Å²) >= 11 is 6.29. The number of unbranched alkanes of at least 4 members (excludes halogenated alkanes) is 2. The van der Waals surface area contributed by atoms with Crippen LogP contribution in [0.5, 0.6) is 0 Å². The summed E-state index contributed by atoms with van der Waals surface area (Å²) in [5, 5.41) is 6.58. The van der Waals surface area contributed by atoms with Crippen molar-refractivity contribution in [2.24, 2.45) is 0 Å². The van der Waals surface area contributed by atoms with Crippen molar-refractivity contribution in [3.8, 4) is 0 Å². The first-order chi connectivity index (χ1) is 11.5. The van der Waals surface area contributed by atoms with Gasteiger partial charge < -0.3 is 10.6 Å². The molecule has 1 heterocycles. The minimum atomic E-state index is -0.191. The van der Waals surface area contributed by atoms with Crippen LogP contribution in [0.2, 0.25) is 5.02 Å². The zero-order valence-corrected chi connectivity index (χ0v) is 15.1. The van der Waals surface area contributed by atoms with Crippen molar-refractivity contribution in [3.63, 3.8) is 0 Å². The highest BCUT2D eigenvalue weighted by atomic mass is 35.5. The van der Waals surface area contributed by atoms with Gasteiger partial charge in [-0.15, -0.1) is 0 Å². The van der Waals surface area contributed by atoms with E-state index in [1.165, 1.54) is 0 Å². The second kappa shape index (κ2) is 8.64. The number of nitrogens with one attached hydrogen (secondary N) is 2. The van der Waals surface area contributed by atoms with E-state index in [1.807, 2.05) is 26.0 Å². The molecule has 2 aromatic rings. The molecule has 0 radical (unpaired) electrons. The van der Waals surface area contributed by atoms with Gasteiger partial charge in [0.15, 0.2) is 0 Å². The van der Waals surface area contributed by atoms with Gasteiger partial charge >= 0.3 is 0 Å². The number of hydrogen-bond acceptors (Lipinski definition) is 4. The Bertz CT molecular complexity index is 695. The van der Waals surface area contributed by atoms with E-state index in [2.05, 4.69) is 27.5 Å². The van der Waals surface area contributed by atoms with Crippen LogP contribution in [0, 0.1) is 13.8 Å². The van der Waals surface area contributed by atoms with E-state index >= 15 is 0 Å². The van der Waals surface area contributed by atoms with Crippen LogP contribution >= 0.6 is 11.6 Å². The average molecular weight is 347 g/mol. The number of anilines is 2. The number of rotatable bonds is 7. The molecule has 5 nitrogen and oxygen atoms in total. The lowest BCUT2D eigenvalue weighted by Crippen LogP contribution is -2.25. The van der Waals surface area contributed by atoms with Crippen LogP contribution in [0.15, 0.2) is 24.4 Å². The van der Waals surface area contributed by atoms with Crippen molar-refractivity contribution >= 4 is 29.1 Å². The molecule has 0 saturated carbocycles. The van der Waals surface area contributed by atoms with Gasteiger partial charge in [0.1, 0.15) is 5.69 Å². The normalized spacial score (nSPS) is 10.5. The Morgan fingerprint density at radius 3 is 2.75 bits per heavy atom. The first-order valence-corrected chi connectivity index (χ1v) is 8.54. The fraction of sp³-hybridized carbons (Fsp3) is 0.389. The van der Waals surface area contributed by atoms with Crippen LogP contribution in [0.25, 0.3) is 0 Å². The molecular weight excluding hydrogens is 324 g/mol. The lowest BCUT2D eigenvalue weighted by molar-refractivity contribution is 0.0948. The maximum Gasteiger partial charge on any atom is 0.270 e. The Kier molecular flexibility index (Phi) is 6.55. The molecule has 24 heavy (non-hydrogen) atoms. The molecular formula is C18H23ClN4O. The Hall–Kier alpha value is -2.14.